The van der Waals surface area contributed by atoms with Crippen LogP contribution in [0.2, 0.25) is 10.0 Å². The van der Waals surface area contributed by atoms with Crippen molar-refractivity contribution in [2.75, 3.05) is 18.5 Å². The van der Waals surface area contributed by atoms with E-state index in [9.17, 15) is 0 Å². The molecule has 0 spiro atoms. The highest BCUT2D eigenvalue weighted by Crippen LogP contribution is 2.37. The zero-order valence-corrected chi connectivity index (χ0v) is 12.1. The van der Waals surface area contributed by atoms with Crippen molar-refractivity contribution in [3.05, 3.63) is 33.4 Å². The van der Waals surface area contributed by atoms with Crippen molar-refractivity contribution >= 4 is 39.8 Å². The molecule has 0 atom stereocenters. The summed E-state index contributed by atoms with van der Waals surface area (Å²) in [4.78, 5) is 4.68. The molecule has 3 rings (SSSR count). The van der Waals surface area contributed by atoms with Crippen molar-refractivity contribution in [3.8, 4) is 0 Å². The number of rotatable bonds is 2. The van der Waals surface area contributed by atoms with Gasteiger partial charge in [0.2, 0.25) is 0 Å². The summed E-state index contributed by atoms with van der Waals surface area (Å²) in [7, 11) is 0. The Morgan fingerprint density at radius 1 is 1.37 bits per heavy atom. The van der Waals surface area contributed by atoms with Gasteiger partial charge in [-0.05, 0) is 19.1 Å². The maximum absolute atomic E-state index is 6.29. The van der Waals surface area contributed by atoms with Gasteiger partial charge in [0.1, 0.15) is 0 Å². The van der Waals surface area contributed by atoms with Crippen LogP contribution in [0.3, 0.4) is 0 Å². The lowest BCUT2D eigenvalue weighted by Gasteiger charge is -2.22. The Labute approximate surface area is 121 Å². The molecule has 0 saturated carbocycles. The van der Waals surface area contributed by atoms with E-state index in [-0.39, 0.29) is 0 Å². The number of hydrogen-bond acceptors (Lipinski definition) is 3. The first-order valence-electron chi connectivity index (χ1n) is 6.33. The number of halogens is 2. The Kier molecular flexibility index (Phi) is 3.52. The van der Waals surface area contributed by atoms with Crippen LogP contribution in [0.1, 0.15) is 18.2 Å². The molecule has 1 aromatic heterocycles. The minimum atomic E-state index is 0.521. The number of hydrogen-bond donors (Lipinski definition) is 1. The molecule has 0 saturated heterocycles. The van der Waals surface area contributed by atoms with E-state index in [0.717, 1.165) is 40.8 Å². The summed E-state index contributed by atoms with van der Waals surface area (Å²) in [5.74, 6) is 0. The molecule has 1 aliphatic heterocycles. The van der Waals surface area contributed by atoms with E-state index in [1.54, 1.807) is 0 Å². The molecule has 2 aromatic rings. The number of fused-ring (bicyclic) bond motifs is 2. The van der Waals surface area contributed by atoms with E-state index >= 15 is 0 Å². The Balaban J connectivity index is 2.35. The van der Waals surface area contributed by atoms with Gasteiger partial charge in [-0.25, -0.2) is 0 Å². The first kappa shape index (κ1) is 13.0. The van der Waals surface area contributed by atoms with Gasteiger partial charge in [0.15, 0.2) is 0 Å². The smallest absolute Gasteiger partial charge is 0.0927 e. The molecule has 2 heterocycles. The molecule has 0 unspecified atom stereocenters. The van der Waals surface area contributed by atoms with Crippen LogP contribution in [0.4, 0.5) is 5.69 Å². The average Bonchev–Trinajstić information content (AvgIpc) is 2.43. The quantitative estimate of drug-likeness (QED) is 0.908. The molecule has 1 N–H and O–H groups in total. The van der Waals surface area contributed by atoms with Crippen molar-refractivity contribution in [1.82, 2.24) is 4.98 Å². The number of nitrogens with zero attached hydrogens (tertiary/aromatic N) is 1. The molecule has 0 fully saturated rings. The molecule has 0 bridgehead atoms. The first-order valence-corrected chi connectivity index (χ1v) is 7.09. The number of nitrogens with one attached hydrogen (secondary N) is 1. The van der Waals surface area contributed by atoms with Crippen LogP contribution in [0.25, 0.3) is 10.9 Å². The molecule has 100 valence electrons. The lowest BCUT2D eigenvalue weighted by molar-refractivity contribution is 0.110. The van der Waals surface area contributed by atoms with Crippen LogP contribution < -0.4 is 5.32 Å². The van der Waals surface area contributed by atoms with Crippen LogP contribution in [-0.2, 0) is 17.8 Å². The van der Waals surface area contributed by atoms with Crippen molar-refractivity contribution in [3.63, 3.8) is 0 Å². The standard InChI is InChI=1S/C14H14Cl2N2O/c1-2-17-13-8-3-4-10(15)12(16)14(8)18-11-5-6-19-7-9(11)13/h3-4H,2,5-7H2,1H3,(H,17,18). The monoisotopic (exact) mass is 296 g/mol. The highest BCUT2D eigenvalue weighted by atomic mass is 35.5. The van der Waals surface area contributed by atoms with Crippen molar-refractivity contribution in [1.29, 1.82) is 0 Å². The summed E-state index contributed by atoms with van der Waals surface area (Å²) >= 11 is 12.4. The predicted molar refractivity (Wildman–Crippen MR) is 79.3 cm³/mol. The molecular formula is C14H14Cl2N2O. The van der Waals surface area contributed by atoms with Gasteiger partial charge in [0, 0.05) is 23.9 Å². The number of benzene rings is 1. The van der Waals surface area contributed by atoms with Gasteiger partial charge in [-0.15, -0.1) is 0 Å². The van der Waals surface area contributed by atoms with Crippen LogP contribution in [0.5, 0.6) is 0 Å². The Morgan fingerprint density at radius 2 is 2.21 bits per heavy atom. The van der Waals surface area contributed by atoms with Crippen LogP contribution in [0, 0.1) is 0 Å². The molecule has 1 aliphatic rings. The minimum absolute atomic E-state index is 0.521. The van der Waals surface area contributed by atoms with Gasteiger partial charge in [0.25, 0.3) is 0 Å². The Bertz CT molecular complexity index is 643. The summed E-state index contributed by atoms with van der Waals surface area (Å²) in [5.41, 5.74) is 4.03. The Morgan fingerprint density at radius 3 is 3.00 bits per heavy atom. The second-order valence-electron chi connectivity index (χ2n) is 4.50. The molecule has 3 nitrogen and oxygen atoms in total. The molecule has 5 heteroatoms. The lowest BCUT2D eigenvalue weighted by atomic mass is 10.0. The fourth-order valence-electron chi connectivity index (χ4n) is 2.44. The van der Waals surface area contributed by atoms with E-state index in [4.69, 9.17) is 27.9 Å². The largest absolute Gasteiger partial charge is 0.384 e. The second-order valence-corrected chi connectivity index (χ2v) is 5.29. The fourth-order valence-corrected chi connectivity index (χ4v) is 2.80. The maximum Gasteiger partial charge on any atom is 0.0927 e. The first-order chi connectivity index (χ1) is 9.22. The molecule has 0 radical (unpaired) electrons. The zero-order chi connectivity index (χ0) is 13.4. The summed E-state index contributed by atoms with van der Waals surface area (Å²) < 4.78 is 5.55. The van der Waals surface area contributed by atoms with Crippen molar-refractivity contribution in [2.24, 2.45) is 0 Å². The van der Waals surface area contributed by atoms with Crippen LogP contribution in [0.15, 0.2) is 12.1 Å². The van der Waals surface area contributed by atoms with E-state index in [2.05, 4.69) is 17.2 Å². The third kappa shape index (κ3) is 2.16. The molecule has 1 aromatic carbocycles. The number of anilines is 1. The lowest BCUT2D eigenvalue weighted by Crippen LogP contribution is -2.15. The highest BCUT2D eigenvalue weighted by Gasteiger charge is 2.20. The van der Waals surface area contributed by atoms with Gasteiger partial charge in [0.05, 0.1) is 40.2 Å². The second kappa shape index (κ2) is 5.16. The highest BCUT2D eigenvalue weighted by molar-refractivity contribution is 6.45. The average molecular weight is 297 g/mol. The van der Waals surface area contributed by atoms with Gasteiger partial charge in [-0.2, -0.15) is 0 Å². The number of ether oxygens (including phenoxy) is 1. The predicted octanol–water partition coefficient (Wildman–Crippen LogP) is 4.05. The minimum Gasteiger partial charge on any atom is -0.384 e. The third-order valence-electron chi connectivity index (χ3n) is 3.32. The van der Waals surface area contributed by atoms with Crippen molar-refractivity contribution in [2.45, 2.75) is 20.0 Å². The molecular weight excluding hydrogens is 283 g/mol. The van der Waals surface area contributed by atoms with Gasteiger partial charge in [-0.3, -0.25) is 4.98 Å². The van der Waals surface area contributed by atoms with Crippen molar-refractivity contribution < 1.29 is 4.74 Å². The molecule has 19 heavy (non-hydrogen) atoms. The van der Waals surface area contributed by atoms with Gasteiger partial charge >= 0.3 is 0 Å². The summed E-state index contributed by atoms with van der Waals surface area (Å²) in [6, 6.07) is 3.77. The van der Waals surface area contributed by atoms with Gasteiger partial charge < -0.3 is 10.1 Å². The number of pyridine rings is 1. The fraction of sp³-hybridized carbons (Fsp3) is 0.357. The summed E-state index contributed by atoms with van der Waals surface area (Å²) in [6.07, 6.45) is 0.812. The normalized spacial score (nSPS) is 14.5. The van der Waals surface area contributed by atoms with Crippen LogP contribution in [-0.4, -0.2) is 18.1 Å². The maximum atomic E-state index is 6.29. The Hall–Kier alpha value is -1.03. The number of aromatic nitrogens is 1. The summed E-state index contributed by atoms with van der Waals surface area (Å²) in [5, 5.41) is 5.46. The topological polar surface area (TPSA) is 34.2 Å². The van der Waals surface area contributed by atoms with E-state index < -0.39 is 0 Å². The van der Waals surface area contributed by atoms with Crippen LogP contribution >= 0.6 is 23.2 Å². The van der Waals surface area contributed by atoms with E-state index in [1.807, 2.05) is 12.1 Å². The zero-order valence-electron chi connectivity index (χ0n) is 10.6. The van der Waals surface area contributed by atoms with E-state index in [1.165, 1.54) is 0 Å². The SMILES string of the molecule is CCNc1c2c(nc3c(Cl)c(Cl)ccc13)CCOC2. The third-order valence-corrected chi connectivity index (χ3v) is 4.11. The molecule has 0 aliphatic carbocycles. The van der Waals surface area contributed by atoms with Gasteiger partial charge in [-0.1, -0.05) is 23.2 Å². The summed E-state index contributed by atoms with van der Waals surface area (Å²) in [6.45, 7) is 4.21. The van der Waals surface area contributed by atoms with E-state index in [0.29, 0.717) is 23.3 Å². The molecule has 0 amide bonds.